The molecule has 118 valence electrons. The minimum Gasteiger partial charge on any atom is -0.378 e. The molecule has 3 rings (SSSR count). The first-order chi connectivity index (χ1) is 10.2. The van der Waals surface area contributed by atoms with E-state index >= 15 is 0 Å². The van der Waals surface area contributed by atoms with Gasteiger partial charge in [-0.15, -0.1) is 0 Å². The highest BCUT2D eigenvalue weighted by atomic mass is 16.5. The lowest BCUT2D eigenvalue weighted by Crippen LogP contribution is -2.49. The molecule has 2 heterocycles. The van der Waals surface area contributed by atoms with Crippen molar-refractivity contribution in [3.8, 4) is 0 Å². The second-order valence-electron chi connectivity index (χ2n) is 6.37. The molecule has 0 bridgehead atoms. The summed E-state index contributed by atoms with van der Waals surface area (Å²) in [5, 5.41) is 6.39. The fraction of sp³-hybridized carbons (Fsp3) is 0.867. The number of likely N-dealkylation sites (tertiary alicyclic amines) is 1. The van der Waals surface area contributed by atoms with Gasteiger partial charge in [-0.1, -0.05) is 0 Å². The van der Waals surface area contributed by atoms with E-state index in [1.54, 1.807) is 0 Å². The van der Waals surface area contributed by atoms with Gasteiger partial charge in [-0.2, -0.15) is 0 Å². The molecule has 0 aromatic heterocycles. The van der Waals surface area contributed by atoms with Crippen LogP contribution in [0.2, 0.25) is 0 Å². The molecule has 0 radical (unpaired) electrons. The Morgan fingerprint density at radius 1 is 1.19 bits per heavy atom. The molecule has 2 N–H and O–H groups in total. The van der Waals surface area contributed by atoms with Gasteiger partial charge in [0.25, 0.3) is 0 Å². The molecule has 1 unspecified atom stereocenters. The van der Waals surface area contributed by atoms with E-state index < -0.39 is 0 Å². The Morgan fingerprint density at radius 2 is 1.95 bits per heavy atom. The van der Waals surface area contributed by atoms with Crippen molar-refractivity contribution in [3.63, 3.8) is 0 Å². The SMILES string of the molecule is O=C(CC1COCCN1)NC1CCN(C(=O)C2CC2)CC1. The highest BCUT2D eigenvalue weighted by Gasteiger charge is 2.35. The van der Waals surface area contributed by atoms with E-state index in [0.717, 1.165) is 51.9 Å². The van der Waals surface area contributed by atoms with Crippen molar-refractivity contribution in [2.75, 3.05) is 32.8 Å². The number of hydrogen-bond donors (Lipinski definition) is 2. The molecule has 0 aromatic rings. The van der Waals surface area contributed by atoms with Crippen LogP contribution in [0.3, 0.4) is 0 Å². The fourth-order valence-electron chi connectivity index (χ4n) is 3.09. The molecule has 1 aliphatic carbocycles. The number of nitrogens with zero attached hydrogens (tertiary/aromatic N) is 1. The number of carbonyl (C=O) groups is 2. The van der Waals surface area contributed by atoms with Crippen LogP contribution < -0.4 is 10.6 Å². The van der Waals surface area contributed by atoms with E-state index in [0.29, 0.717) is 24.9 Å². The maximum Gasteiger partial charge on any atom is 0.225 e. The van der Waals surface area contributed by atoms with Gasteiger partial charge in [0.2, 0.25) is 11.8 Å². The first-order valence-electron chi connectivity index (χ1n) is 8.11. The van der Waals surface area contributed by atoms with Crippen LogP contribution in [-0.4, -0.2) is 61.6 Å². The third-order valence-electron chi connectivity index (χ3n) is 4.53. The quantitative estimate of drug-likeness (QED) is 0.759. The van der Waals surface area contributed by atoms with E-state index in [2.05, 4.69) is 10.6 Å². The van der Waals surface area contributed by atoms with Crippen LogP contribution in [0.1, 0.15) is 32.1 Å². The second kappa shape index (κ2) is 6.75. The van der Waals surface area contributed by atoms with Crippen LogP contribution in [-0.2, 0) is 14.3 Å². The Morgan fingerprint density at radius 3 is 2.57 bits per heavy atom. The lowest BCUT2D eigenvalue weighted by molar-refractivity contribution is -0.133. The number of carbonyl (C=O) groups excluding carboxylic acids is 2. The monoisotopic (exact) mass is 295 g/mol. The zero-order valence-electron chi connectivity index (χ0n) is 12.5. The zero-order valence-corrected chi connectivity index (χ0v) is 12.5. The average Bonchev–Trinajstić information content (AvgIpc) is 3.33. The summed E-state index contributed by atoms with van der Waals surface area (Å²) in [6, 6.07) is 0.348. The van der Waals surface area contributed by atoms with Gasteiger partial charge in [0.05, 0.1) is 13.2 Å². The van der Waals surface area contributed by atoms with E-state index in [9.17, 15) is 9.59 Å². The molecule has 2 aliphatic heterocycles. The molecule has 0 spiro atoms. The van der Waals surface area contributed by atoms with Crippen LogP contribution in [0, 0.1) is 5.92 Å². The van der Waals surface area contributed by atoms with Gasteiger partial charge < -0.3 is 20.3 Å². The lowest BCUT2D eigenvalue weighted by Gasteiger charge is -2.33. The number of morpholine rings is 1. The average molecular weight is 295 g/mol. The van der Waals surface area contributed by atoms with Crippen molar-refractivity contribution in [3.05, 3.63) is 0 Å². The van der Waals surface area contributed by atoms with Crippen LogP contribution in [0.4, 0.5) is 0 Å². The Hall–Kier alpha value is -1.14. The van der Waals surface area contributed by atoms with Crippen LogP contribution in [0.25, 0.3) is 0 Å². The Bertz CT molecular complexity index is 384. The molecule has 1 saturated carbocycles. The molecule has 2 saturated heterocycles. The Labute approximate surface area is 125 Å². The minimum absolute atomic E-state index is 0.0879. The number of ether oxygens (including phenoxy) is 1. The number of rotatable bonds is 4. The maximum atomic E-state index is 12.0. The summed E-state index contributed by atoms with van der Waals surface area (Å²) < 4.78 is 5.36. The van der Waals surface area contributed by atoms with Crippen LogP contribution >= 0.6 is 0 Å². The second-order valence-corrected chi connectivity index (χ2v) is 6.37. The standard InChI is InChI=1S/C15H25N3O3/c19-14(9-13-10-21-8-5-16-13)17-12-3-6-18(7-4-12)15(20)11-1-2-11/h11-13,16H,1-10H2,(H,17,19). The summed E-state index contributed by atoms with van der Waals surface area (Å²) in [5.74, 6) is 0.710. The molecular formula is C15H25N3O3. The van der Waals surface area contributed by atoms with E-state index in [-0.39, 0.29) is 18.0 Å². The molecular weight excluding hydrogens is 270 g/mol. The Balaban J connectivity index is 1.36. The molecule has 21 heavy (non-hydrogen) atoms. The van der Waals surface area contributed by atoms with Gasteiger partial charge in [-0.05, 0) is 25.7 Å². The van der Waals surface area contributed by atoms with Gasteiger partial charge in [0.1, 0.15) is 0 Å². The van der Waals surface area contributed by atoms with E-state index in [1.165, 1.54) is 0 Å². The van der Waals surface area contributed by atoms with Crippen molar-refractivity contribution < 1.29 is 14.3 Å². The molecule has 6 heteroatoms. The summed E-state index contributed by atoms with van der Waals surface area (Å²) in [6.45, 7) is 3.73. The lowest BCUT2D eigenvalue weighted by atomic mass is 10.0. The van der Waals surface area contributed by atoms with Crippen molar-refractivity contribution in [2.24, 2.45) is 5.92 Å². The van der Waals surface area contributed by atoms with Gasteiger partial charge in [-0.25, -0.2) is 0 Å². The molecule has 3 fully saturated rings. The van der Waals surface area contributed by atoms with E-state index in [1.807, 2.05) is 4.90 Å². The first-order valence-corrected chi connectivity index (χ1v) is 8.11. The number of amides is 2. The maximum absolute atomic E-state index is 12.0. The van der Waals surface area contributed by atoms with Gasteiger partial charge in [0, 0.05) is 44.1 Å². The van der Waals surface area contributed by atoms with Crippen molar-refractivity contribution in [2.45, 2.75) is 44.2 Å². The molecule has 2 amide bonds. The summed E-state index contributed by atoms with van der Waals surface area (Å²) >= 11 is 0. The highest BCUT2D eigenvalue weighted by Crippen LogP contribution is 2.31. The van der Waals surface area contributed by atoms with Gasteiger partial charge in [-0.3, -0.25) is 9.59 Å². The predicted molar refractivity (Wildman–Crippen MR) is 77.7 cm³/mol. The molecule has 3 aliphatic rings. The largest absolute Gasteiger partial charge is 0.378 e. The fourth-order valence-corrected chi connectivity index (χ4v) is 3.09. The number of hydrogen-bond acceptors (Lipinski definition) is 4. The van der Waals surface area contributed by atoms with Gasteiger partial charge >= 0.3 is 0 Å². The predicted octanol–water partition coefficient (Wildman–Crippen LogP) is -0.118. The summed E-state index contributed by atoms with van der Waals surface area (Å²) in [6.07, 6.45) is 4.34. The third-order valence-corrected chi connectivity index (χ3v) is 4.53. The first kappa shape index (κ1) is 14.8. The van der Waals surface area contributed by atoms with Crippen molar-refractivity contribution in [1.29, 1.82) is 0 Å². The Kier molecular flexibility index (Phi) is 4.75. The summed E-state index contributed by atoms with van der Waals surface area (Å²) in [7, 11) is 0. The van der Waals surface area contributed by atoms with Crippen LogP contribution in [0.5, 0.6) is 0 Å². The molecule has 1 atom stereocenters. The zero-order chi connectivity index (χ0) is 14.7. The molecule has 6 nitrogen and oxygen atoms in total. The van der Waals surface area contributed by atoms with Crippen LogP contribution in [0.15, 0.2) is 0 Å². The highest BCUT2D eigenvalue weighted by molar-refractivity contribution is 5.81. The summed E-state index contributed by atoms with van der Waals surface area (Å²) in [4.78, 5) is 26.0. The smallest absolute Gasteiger partial charge is 0.225 e. The summed E-state index contributed by atoms with van der Waals surface area (Å²) in [5.41, 5.74) is 0. The van der Waals surface area contributed by atoms with Gasteiger partial charge in [0.15, 0.2) is 0 Å². The normalized spacial score (nSPS) is 27.4. The number of nitrogens with one attached hydrogen (secondary N) is 2. The third kappa shape index (κ3) is 4.17. The minimum atomic E-state index is 0.0879. The number of piperidine rings is 1. The van der Waals surface area contributed by atoms with Crippen molar-refractivity contribution in [1.82, 2.24) is 15.5 Å². The van der Waals surface area contributed by atoms with E-state index in [4.69, 9.17) is 4.74 Å². The molecule has 0 aromatic carbocycles. The topological polar surface area (TPSA) is 70.7 Å². The van der Waals surface area contributed by atoms with Crippen molar-refractivity contribution >= 4 is 11.8 Å².